The van der Waals surface area contributed by atoms with E-state index in [1.54, 1.807) is 6.20 Å². The Balaban J connectivity index is 1.91. The number of hydrogen-bond acceptors (Lipinski definition) is 3. The molecule has 1 heterocycles. The number of aromatic nitrogens is 1. The van der Waals surface area contributed by atoms with Crippen molar-refractivity contribution in [1.29, 1.82) is 0 Å². The van der Waals surface area contributed by atoms with Crippen LogP contribution in [0.5, 0.6) is 5.75 Å². The molecule has 1 fully saturated rings. The lowest BCUT2D eigenvalue weighted by Crippen LogP contribution is -2.18. The molecule has 3 nitrogen and oxygen atoms in total. The molecule has 20 heavy (non-hydrogen) atoms. The van der Waals surface area contributed by atoms with Crippen molar-refractivity contribution in [1.82, 2.24) is 10.3 Å². The third kappa shape index (κ3) is 4.48. The fourth-order valence-electron chi connectivity index (χ4n) is 3.23. The highest BCUT2D eigenvalue weighted by molar-refractivity contribution is 5.26. The molecular formula is C17H28N2O. The van der Waals surface area contributed by atoms with E-state index in [0.717, 1.165) is 11.7 Å². The quantitative estimate of drug-likeness (QED) is 0.814. The maximum atomic E-state index is 5.55. The third-order valence-electron chi connectivity index (χ3n) is 4.38. The Bertz CT molecular complexity index is 388. The van der Waals surface area contributed by atoms with Crippen LogP contribution in [0.15, 0.2) is 18.5 Å². The van der Waals surface area contributed by atoms with Crippen LogP contribution >= 0.6 is 0 Å². The third-order valence-corrected chi connectivity index (χ3v) is 4.38. The molecule has 1 aromatic rings. The number of ether oxygens (including phenoxy) is 1. The first-order chi connectivity index (χ1) is 9.83. The summed E-state index contributed by atoms with van der Waals surface area (Å²) in [6.45, 7) is 2.70. The Morgan fingerprint density at radius 1 is 1.30 bits per heavy atom. The molecule has 0 aliphatic heterocycles. The van der Waals surface area contributed by atoms with Crippen molar-refractivity contribution in [3.8, 4) is 5.75 Å². The van der Waals surface area contributed by atoms with Gasteiger partial charge in [0.25, 0.3) is 0 Å². The Kier molecular flexibility index (Phi) is 6.31. The van der Waals surface area contributed by atoms with Gasteiger partial charge in [0, 0.05) is 12.2 Å². The van der Waals surface area contributed by atoms with E-state index in [-0.39, 0.29) is 0 Å². The van der Waals surface area contributed by atoms with Crippen molar-refractivity contribution < 1.29 is 4.74 Å². The smallest absolute Gasteiger partial charge is 0.137 e. The molecule has 112 valence electrons. The molecule has 1 aliphatic rings. The van der Waals surface area contributed by atoms with Crippen LogP contribution in [-0.4, -0.2) is 18.6 Å². The van der Waals surface area contributed by atoms with E-state index in [2.05, 4.69) is 16.4 Å². The first-order valence-electron chi connectivity index (χ1n) is 8.08. The van der Waals surface area contributed by atoms with Gasteiger partial charge in [0.05, 0.1) is 12.8 Å². The van der Waals surface area contributed by atoms with E-state index in [9.17, 15) is 0 Å². The molecule has 0 amide bonds. The normalized spacial score (nSPS) is 17.9. The fourth-order valence-corrected chi connectivity index (χ4v) is 3.23. The Morgan fingerprint density at radius 3 is 2.80 bits per heavy atom. The number of rotatable bonds is 7. The van der Waals surface area contributed by atoms with Gasteiger partial charge in [-0.1, -0.05) is 32.1 Å². The van der Waals surface area contributed by atoms with Gasteiger partial charge in [-0.25, -0.2) is 0 Å². The molecule has 1 aliphatic carbocycles. The Morgan fingerprint density at radius 2 is 2.10 bits per heavy atom. The second-order valence-electron chi connectivity index (χ2n) is 5.81. The van der Waals surface area contributed by atoms with E-state index < -0.39 is 0 Å². The summed E-state index contributed by atoms with van der Waals surface area (Å²) in [6, 6.07) is 2.52. The van der Waals surface area contributed by atoms with E-state index >= 15 is 0 Å². The van der Waals surface area contributed by atoms with E-state index in [0.29, 0.717) is 12.6 Å². The fraction of sp³-hybridized carbons (Fsp3) is 0.706. The average molecular weight is 276 g/mol. The van der Waals surface area contributed by atoms with Gasteiger partial charge in [-0.05, 0) is 44.4 Å². The van der Waals surface area contributed by atoms with Gasteiger partial charge in [-0.2, -0.15) is 0 Å². The van der Waals surface area contributed by atoms with Gasteiger partial charge in [0.2, 0.25) is 0 Å². The zero-order valence-electron chi connectivity index (χ0n) is 12.9. The summed E-state index contributed by atoms with van der Waals surface area (Å²) < 4.78 is 5.55. The minimum Gasteiger partial charge on any atom is -0.492 e. The van der Waals surface area contributed by atoms with Crippen molar-refractivity contribution in [2.45, 2.75) is 57.9 Å². The maximum absolute atomic E-state index is 5.55. The highest BCUT2D eigenvalue weighted by atomic mass is 16.5. The Labute approximate surface area is 123 Å². The van der Waals surface area contributed by atoms with Gasteiger partial charge in [-0.15, -0.1) is 0 Å². The maximum Gasteiger partial charge on any atom is 0.137 e. The monoisotopic (exact) mass is 276 g/mol. The minimum absolute atomic E-state index is 0.393. The topological polar surface area (TPSA) is 34.1 Å². The summed E-state index contributed by atoms with van der Waals surface area (Å²) in [5.74, 6) is 1.81. The van der Waals surface area contributed by atoms with Crippen LogP contribution in [-0.2, 0) is 0 Å². The molecule has 1 saturated carbocycles. The molecule has 0 bridgehead atoms. The van der Waals surface area contributed by atoms with Crippen molar-refractivity contribution in [2.75, 3.05) is 13.7 Å². The van der Waals surface area contributed by atoms with Crippen LogP contribution in [0.1, 0.15) is 63.5 Å². The summed E-state index contributed by atoms with van der Waals surface area (Å²) in [5, 5.41) is 3.43. The lowest BCUT2D eigenvalue weighted by Gasteiger charge is -2.24. The zero-order chi connectivity index (χ0) is 14.2. The minimum atomic E-state index is 0.393. The van der Waals surface area contributed by atoms with Crippen molar-refractivity contribution in [3.63, 3.8) is 0 Å². The van der Waals surface area contributed by atoms with Crippen molar-refractivity contribution in [2.24, 2.45) is 5.92 Å². The molecule has 0 aromatic carbocycles. The first-order valence-corrected chi connectivity index (χ1v) is 8.08. The van der Waals surface area contributed by atoms with Gasteiger partial charge >= 0.3 is 0 Å². The van der Waals surface area contributed by atoms with Gasteiger partial charge in [0.15, 0.2) is 0 Å². The summed E-state index contributed by atoms with van der Waals surface area (Å²) in [7, 11) is 2.04. The molecule has 2 rings (SSSR count). The molecule has 3 heteroatoms. The molecule has 1 atom stereocenters. The summed E-state index contributed by atoms with van der Waals surface area (Å²) in [5.41, 5.74) is 1.24. The van der Waals surface area contributed by atoms with E-state index in [1.165, 1.54) is 50.5 Å². The molecule has 0 saturated heterocycles. The second kappa shape index (κ2) is 8.25. The van der Waals surface area contributed by atoms with Crippen LogP contribution in [0, 0.1) is 5.92 Å². The number of nitrogens with zero attached hydrogens (tertiary/aromatic N) is 1. The summed E-state index contributed by atoms with van der Waals surface area (Å²) in [4.78, 5) is 4.30. The van der Waals surface area contributed by atoms with E-state index in [4.69, 9.17) is 4.74 Å². The van der Waals surface area contributed by atoms with Crippen molar-refractivity contribution >= 4 is 0 Å². The molecular weight excluding hydrogens is 248 g/mol. The first kappa shape index (κ1) is 15.3. The van der Waals surface area contributed by atoms with Crippen LogP contribution in [0.25, 0.3) is 0 Å². The van der Waals surface area contributed by atoms with Crippen molar-refractivity contribution in [3.05, 3.63) is 24.0 Å². The molecule has 1 N–H and O–H groups in total. The van der Waals surface area contributed by atoms with Crippen LogP contribution in [0.3, 0.4) is 0 Å². The largest absolute Gasteiger partial charge is 0.492 e. The van der Waals surface area contributed by atoms with Gasteiger partial charge < -0.3 is 10.1 Å². The summed E-state index contributed by atoms with van der Waals surface area (Å²) >= 11 is 0. The van der Waals surface area contributed by atoms with Crippen LogP contribution in [0.2, 0.25) is 0 Å². The average Bonchev–Trinajstić information content (AvgIpc) is 2.50. The van der Waals surface area contributed by atoms with Gasteiger partial charge in [0.1, 0.15) is 5.75 Å². The van der Waals surface area contributed by atoms with Crippen LogP contribution in [0.4, 0.5) is 0 Å². The summed E-state index contributed by atoms with van der Waals surface area (Å²) in [6.07, 6.45) is 13.4. The zero-order valence-corrected chi connectivity index (χ0v) is 12.9. The SMILES string of the molecule is CCOc1cncc(C(CCC2CCCCC2)NC)c1. The standard InChI is InChI=1S/C17H28N2O/c1-3-20-16-11-15(12-19-13-16)17(18-2)10-9-14-7-5-4-6-8-14/h11-14,17-18H,3-10H2,1-2H3. The second-order valence-corrected chi connectivity index (χ2v) is 5.81. The molecule has 1 aromatic heterocycles. The molecule has 0 radical (unpaired) electrons. The highest BCUT2D eigenvalue weighted by Gasteiger charge is 2.17. The number of nitrogens with one attached hydrogen (secondary N) is 1. The molecule has 0 spiro atoms. The highest BCUT2D eigenvalue weighted by Crippen LogP contribution is 2.30. The van der Waals surface area contributed by atoms with Crippen LogP contribution < -0.4 is 10.1 Å². The van der Waals surface area contributed by atoms with Gasteiger partial charge in [-0.3, -0.25) is 4.98 Å². The Hall–Kier alpha value is -1.09. The predicted molar refractivity (Wildman–Crippen MR) is 83.0 cm³/mol. The predicted octanol–water partition coefficient (Wildman–Crippen LogP) is 4.10. The lowest BCUT2D eigenvalue weighted by atomic mass is 9.84. The number of hydrogen-bond donors (Lipinski definition) is 1. The van der Waals surface area contributed by atoms with E-state index in [1.807, 2.05) is 20.2 Å². The lowest BCUT2D eigenvalue weighted by molar-refractivity contribution is 0.316. The number of pyridine rings is 1. The molecule has 1 unspecified atom stereocenters.